The first-order valence-electron chi connectivity index (χ1n) is 8.03. The summed E-state index contributed by atoms with van der Waals surface area (Å²) in [7, 11) is 0. The van der Waals surface area contributed by atoms with Crippen LogP contribution in [0.1, 0.15) is 24.8 Å². The molecule has 4 nitrogen and oxygen atoms in total. The van der Waals surface area contributed by atoms with E-state index in [1.807, 2.05) is 0 Å². The number of hydrogen-bond acceptors (Lipinski definition) is 4. The molecule has 0 aromatic heterocycles. The maximum atomic E-state index is 10.5. The normalized spacial score (nSPS) is 26.0. The lowest BCUT2D eigenvalue weighted by atomic mass is 9.94. The highest BCUT2D eigenvalue weighted by atomic mass is 16.5. The van der Waals surface area contributed by atoms with Crippen LogP contribution in [0.5, 0.6) is 0 Å². The topological polar surface area (TPSA) is 44.7 Å². The molecule has 2 fully saturated rings. The molecule has 4 heteroatoms. The van der Waals surface area contributed by atoms with Gasteiger partial charge in [-0.3, -0.25) is 4.90 Å². The number of hydrogen-bond donors (Lipinski definition) is 2. The predicted octanol–water partition coefficient (Wildman–Crippen LogP) is 1.39. The molecule has 0 bridgehead atoms. The van der Waals surface area contributed by atoms with Crippen molar-refractivity contribution in [3.63, 3.8) is 0 Å². The third-order valence-corrected chi connectivity index (χ3v) is 4.66. The van der Waals surface area contributed by atoms with Gasteiger partial charge < -0.3 is 15.2 Å². The summed E-state index contributed by atoms with van der Waals surface area (Å²) >= 11 is 0. The van der Waals surface area contributed by atoms with Gasteiger partial charge in [-0.1, -0.05) is 30.3 Å². The van der Waals surface area contributed by atoms with Crippen molar-refractivity contribution in [3.8, 4) is 0 Å². The van der Waals surface area contributed by atoms with E-state index in [1.165, 1.54) is 12.0 Å². The van der Waals surface area contributed by atoms with Crippen LogP contribution in [-0.2, 0) is 11.3 Å². The fourth-order valence-electron chi connectivity index (χ4n) is 3.25. The van der Waals surface area contributed by atoms with Crippen LogP contribution in [-0.4, -0.2) is 54.5 Å². The highest BCUT2D eigenvalue weighted by Crippen LogP contribution is 2.20. The van der Waals surface area contributed by atoms with Crippen molar-refractivity contribution < 1.29 is 9.84 Å². The van der Waals surface area contributed by atoms with E-state index in [0.717, 1.165) is 32.5 Å². The lowest BCUT2D eigenvalue weighted by Crippen LogP contribution is -2.48. The van der Waals surface area contributed by atoms with Crippen LogP contribution in [0.4, 0.5) is 0 Å². The zero-order valence-corrected chi connectivity index (χ0v) is 12.6. The molecule has 1 aromatic carbocycles. The van der Waals surface area contributed by atoms with Crippen molar-refractivity contribution in [1.29, 1.82) is 0 Å². The summed E-state index contributed by atoms with van der Waals surface area (Å²) < 4.78 is 5.32. The summed E-state index contributed by atoms with van der Waals surface area (Å²) in [5.74, 6) is 0. The average Bonchev–Trinajstić information content (AvgIpc) is 2.95. The molecule has 0 amide bonds. The molecule has 2 heterocycles. The van der Waals surface area contributed by atoms with Crippen molar-refractivity contribution in [2.45, 2.75) is 37.5 Å². The van der Waals surface area contributed by atoms with Crippen molar-refractivity contribution >= 4 is 0 Å². The molecular weight excluding hydrogens is 264 g/mol. The van der Waals surface area contributed by atoms with Gasteiger partial charge in [0.2, 0.25) is 0 Å². The Kier molecular flexibility index (Phi) is 4.91. The van der Waals surface area contributed by atoms with Gasteiger partial charge >= 0.3 is 0 Å². The molecule has 3 rings (SSSR count). The first kappa shape index (κ1) is 15.0. The first-order valence-corrected chi connectivity index (χ1v) is 8.03. The maximum Gasteiger partial charge on any atom is 0.0815 e. The van der Waals surface area contributed by atoms with E-state index in [2.05, 4.69) is 40.5 Å². The van der Waals surface area contributed by atoms with E-state index in [0.29, 0.717) is 25.8 Å². The Morgan fingerprint density at radius 1 is 1.24 bits per heavy atom. The lowest BCUT2D eigenvalue weighted by molar-refractivity contribution is -0.0626. The quantitative estimate of drug-likeness (QED) is 0.860. The van der Waals surface area contributed by atoms with Gasteiger partial charge in [-0.15, -0.1) is 0 Å². The number of likely N-dealkylation sites (tertiary alicyclic amines) is 1. The zero-order chi connectivity index (χ0) is 14.5. The van der Waals surface area contributed by atoms with Gasteiger partial charge in [0, 0.05) is 58.3 Å². The fraction of sp³-hybridized carbons (Fsp3) is 0.647. The molecule has 2 aliphatic rings. The largest absolute Gasteiger partial charge is 0.388 e. The Hall–Kier alpha value is -0.940. The molecule has 116 valence electrons. The smallest absolute Gasteiger partial charge is 0.0815 e. The maximum absolute atomic E-state index is 10.5. The van der Waals surface area contributed by atoms with Crippen LogP contribution in [0.2, 0.25) is 0 Å². The summed E-state index contributed by atoms with van der Waals surface area (Å²) in [6, 6.07) is 11.1. The number of rotatable bonds is 5. The molecule has 1 aromatic rings. The number of nitrogens with one attached hydrogen (secondary N) is 1. The second-order valence-electron chi connectivity index (χ2n) is 6.42. The zero-order valence-electron chi connectivity index (χ0n) is 12.6. The molecule has 21 heavy (non-hydrogen) atoms. The Morgan fingerprint density at radius 2 is 2.00 bits per heavy atom. The molecule has 2 aliphatic heterocycles. The molecule has 0 spiro atoms. The van der Waals surface area contributed by atoms with Crippen molar-refractivity contribution in [2.75, 3.05) is 32.8 Å². The van der Waals surface area contributed by atoms with E-state index in [4.69, 9.17) is 4.74 Å². The van der Waals surface area contributed by atoms with Crippen LogP contribution < -0.4 is 5.32 Å². The lowest BCUT2D eigenvalue weighted by Gasteiger charge is -2.33. The summed E-state index contributed by atoms with van der Waals surface area (Å²) in [4.78, 5) is 2.49. The van der Waals surface area contributed by atoms with Crippen molar-refractivity contribution in [2.24, 2.45) is 0 Å². The van der Waals surface area contributed by atoms with E-state index in [1.54, 1.807) is 0 Å². The van der Waals surface area contributed by atoms with E-state index >= 15 is 0 Å². The minimum atomic E-state index is -0.564. The molecule has 0 saturated carbocycles. The summed E-state index contributed by atoms with van der Waals surface area (Å²) in [6.07, 6.45) is 2.67. The fourth-order valence-corrected chi connectivity index (χ4v) is 3.25. The van der Waals surface area contributed by atoms with E-state index in [-0.39, 0.29) is 0 Å². The van der Waals surface area contributed by atoms with Gasteiger partial charge in [0.1, 0.15) is 0 Å². The third-order valence-electron chi connectivity index (χ3n) is 4.66. The summed E-state index contributed by atoms with van der Waals surface area (Å²) in [5, 5.41) is 14.0. The van der Waals surface area contributed by atoms with Gasteiger partial charge in [0.15, 0.2) is 0 Å². The van der Waals surface area contributed by atoms with Gasteiger partial charge in [-0.2, -0.15) is 0 Å². The number of nitrogens with zero attached hydrogens (tertiary/aromatic N) is 1. The Morgan fingerprint density at radius 3 is 2.76 bits per heavy atom. The molecule has 0 aliphatic carbocycles. The second kappa shape index (κ2) is 6.88. The highest BCUT2D eigenvalue weighted by Gasteiger charge is 2.31. The first-order chi connectivity index (χ1) is 10.2. The van der Waals surface area contributed by atoms with Gasteiger partial charge in [0.25, 0.3) is 0 Å². The van der Waals surface area contributed by atoms with E-state index in [9.17, 15) is 5.11 Å². The minimum Gasteiger partial charge on any atom is -0.388 e. The Labute approximate surface area is 127 Å². The summed E-state index contributed by atoms with van der Waals surface area (Å²) in [5.41, 5.74) is 0.812. The van der Waals surface area contributed by atoms with Crippen molar-refractivity contribution in [3.05, 3.63) is 35.9 Å². The molecule has 2 saturated heterocycles. The molecule has 1 unspecified atom stereocenters. The molecule has 2 N–H and O–H groups in total. The van der Waals surface area contributed by atoms with Crippen LogP contribution in [0.25, 0.3) is 0 Å². The predicted molar refractivity (Wildman–Crippen MR) is 83.1 cm³/mol. The highest BCUT2D eigenvalue weighted by molar-refractivity contribution is 5.14. The average molecular weight is 290 g/mol. The summed E-state index contributed by atoms with van der Waals surface area (Å²) in [6.45, 7) is 5.29. The van der Waals surface area contributed by atoms with E-state index < -0.39 is 5.60 Å². The monoisotopic (exact) mass is 290 g/mol. The standard InChI is InChI=1S/C17H26N2O2/c20-17(7-10-21-11-8-17)14-18-16-6-9-19(13-16)12-15-4-2-1-3-5-15/h1-5,16,18,20H,6-14H2. The van der Waals surface area contributed by atoms with Gasteiger partial charge in [-0.05, 0) is 12.0 Å². The molecular formula is C17H26N2O2. The number of benzene rings is 1. The van der Waals surface area contributed by atoms with Crippen LogP contribution in [0.15, 0.2) is 30.3 Å². The van der Waals surface area contributed by atoms with Crippen LogP contribution >= 0.6 is 0 Å². The molecule has 1 atom stereocenters. The number of aliphatic hydroxyl groups is 1. The Balaban J connectivity index is 1.42. The SMILES string of the molecule is OC1(CNC2CCN(Cc3ccccc3)C2)CCOCC1. The Bertz CT molecular complexity index is 432. The number of ether oxygens (including phenoxy) is 1. The van der Waals surface area contributed by atoms with Crippen molar-refractivity contribution in [1.82, 2.24) is 10.2 Å². The molecule has 0 radical (unpaired) electrons. The third kappa shape index (κ3) is 4.27. The second-order valence-corrected chi connectivity index (χ2v) is 6.42. The van der Waals surface area contributed by atoms with Crippen LogP contribution in [0, 0.1) is 0 Å². The van der Waals surface area contributed by atoms with Gasteiger partial charge in [0.05, 0.1) is 5.60 Å². The minimum absolute atomic E-state index is 0.501. The van der Waals surface area contributed by atoms with Crippen LogP contribution in [0.3, 0.4) is 0 Å². The van der Waals surface area contributed by atoms with Gasteiger partial charge in [-0.25, -0.2) is 0 Å².